The van der Waals surface area contributed by atoms with Gasteiger partial charge in [-0.05, 0) is 62.2 Å². The summed E-state index contributed by atoms with van der Waals surface area (Å²) in [6.07, 6.45) is 2.39. The van der Waals surface area contributed by atoms with Crippen LogP contribution < -0.4 is 15.5 Å². The first-order valence-electron chi connectivity index (χ1n) is 12.4. The number of benzene rings is 3. The Hall–Kier alpha value is -4.72. The smallest absolute Gasteiger partial charge is 0.255 e. The summed E-state index contributed by atoms with van der Waals surface area (Å²) in [5.74, 6) is 2.88. The predicted molar refractivity (Wildman–Crippen MR) is 145 cm³/mol. The molecule has 1 amide bonds. The van der Waals surface area contributed by atoms with E-state index in [1.165, 1.54) is 12.8 Å². The summed E-state index contributed by atoms with van der Waals surface area (Å²) in [6, 6.07) is 24.7. The van der Waals surface area contributed by atoms with Crippen molar-refractivity contribution in [2.24, 2.45) is 0 Å². The van der Waals surface area contributed by atoms with Crippen LogP contribution in [0.2, 0.25) is 0 Å². The van der Waals surface area contributed by atoms with Gasteiger partial charge in [-0.15, -0.1) is 0 Å². The molecule has 0 unspecified atom stereocenters. The van der Waals surface area contributed by atoms with Crippen molar-refractivity contribution in [3.8, 4) is 11.3 Å². The molecule has 2 N–H and O–H groups in total. The molecule has 6 rings (SSSR count). The average molecular weight is 491 g/mol. The van der Waals surface area contributed by atoms with Crippen LogP contribution in [0.15, 0.2) is 83.4 Å². The molecular weight excluding hydrogens is 464 g/mol. The van der Waals surface area contributed by atoms with Crippen molar-refractivity contribution in [2.75, 3.05) is 28.6 Å². The van der Waals surface area contributed by atoms with E-state index in [-0.39, 0.29) is 5.91 Å². The molecule has 0 bridgehead atoms. The number of carbonyl (C=O) groups is 1. The summed E-state index contributed by atoms with van der Waals surface area (Å²) < 4.78 is 5.56. The highest BCUT2D eigenvalue weighted by atomic mass is 16.5. The molecule has 0 radical (unpaired) electrons. The van der Waals surface area contributed by atoms with Gasteiger partial charge in [-0.2, -0.15) is 0 Å². The van der Waals surface area contributed by atoms with Gasteiger partial charge >= 0.3 is 0 Å². The van der Waals surface area contributed by atoms with Gasteiger partial charge in [0.25, 0.3) is 5.91 Å². The first-order valence-corrected chi connectivity index (χ1v) is 12.4. The Bertz CT molecular complexity index is 1560. The molecule has 5 aromatic rings. The summed E-state index contributed by atoms with van der Waals surface area (Å²) in [7, 11) is 0. The standard InChI is InChI=1S/C29H26N6O2/c1-19-30-26(18-27(31-19)35-15-5-6-16-35)32-22-10-12-23(13-11-22)33-29(36)21-9-14-25-24(17-21)28(37-34-25)20-7-3-2-4-8-20/h2-4,7-14,17-18H,5-6,15-16H2,1H3,(H,33,36)(H,30,31,32). The van der Waals surface area contributed by atoms with Gasteiger partial charge in [-0.25, -0.2) is 9.97 Å². The molecule has 1 aliphatic rings. The van der Waals surface area contributed by atoms with Gasteiger partial charge in [0.05, 0.1) is 5.39 Å². The Morgan fingerprint density at radius 3 is 2.43 bits per heavy atom. The fourth-order valence-corrected chi connectivity index (χ4v) is 4.59. The number of aromatic nitrogens is 3. The van der Waals surface area contributed by atoms with Crippen molar-refractivity contribution in [2.45, 2.75) is 19.8 Å². The van der Waals surface area contributed by atoms with Crippen LogP contribution in [-0.4, -0.2) is 34.1 Å². The lowest BCUT2D eigenvalue weighted by molar-refractivity contribution is 0.102. The molecule has 1 fully saturated rings. The number of carbonyl (C=O) groups excluding carboxylic acids is 1. The van der Waals surface area contributed by atoms with Crippen LogP contribution in [0.4, 0.5) is 23.0 Å². The highest BCUT2D eigenvalue weighted by Crippen LogP contribution is 2.29. The number of nitrogens with zero attached hydrogens (tertiary/aromatic N) is 4. The minimum Gasteiger partial charge on any atom is -0.356 e. The molecule has 0 atom stereocenters. The number of hydrogen-bond donors (Lipinski definition) is 2. The molecule has 0 aliphatic carbocycles. The van der Waals surface area contributed by atoms with Crippen molar-refractivity contribution < 1.29 is 9.32 Å². The van der Waals surface area contributed by atoms with Crippen molar-refractivity contribution in [3.05, 3.63) is 90.3 Å². The van der Waals surface area contributed by atoms with Gasteiger partial charge in [-0.3, -0.25) is 4.79 Å². The third-order valence-corrected chi connectivity index (χ3v) is 6.44. The zero-order valence-corrected chi connectivity index (χ0v) is 20.4. The van der Waals surface area contributed by atoms with Gasteiger partial charge in [-0.1, -0.05) is 35.5 Å². The maximum Gasteiger partial charge on any atom is 0.255 e. The first kappa shape index (κ1) is 22.7. The van der Waals surface area contributed by atoms with Crippen LogP contribution in [0, 0.1) is 6.92 Å². The van der Waals surface area contributed by atoms with E-state index in [4.69, 9.17) is 4.52 Å². The maximum atomic E-state index is 13.0. The van der Waals surface area contributed by atoms with Crippen LogP contribution in [0.25, 0.3) is 22.2 Å². The second-order valence-electron chi connectivity index (χ2n) is 9.12. The van der Waals surface area contributed by atoms with E-state index in [9.17, 15) is 4.79 Å². The molecule has 8 nitrogen and oxygen atoms in total. The monoisotopic (exact) mass is 490 g/mol. The minimum atomic E-state index is -0.204. The lowest BCUT2D eigenvalue weighted by Crippen LogP contribution is -2.19. The molecule has 1 aliphatic heterocycles. The van der Waals surface area contributed by atoms with Crippen LogP contribution in [0.3, 0.4) is 0 Å². The van der Waals surface area contributed by atoms with E-state index in [0.717, 1.165) is 47.2 Å². The van der Waals surface area contributed by atoms with E-state index in [1.54, 1.807) is 12.1 Å². The highest BCUT2D eigenvalue weighted by Gasteiger charge is 2.16. The summed E-state index contributed by atoms with van der Waals surface area (Å²) in [6.45, 7) is 3.97. The molecule has 3 heterocycles. The fourth-order valence-electron chi connectivity index (χ4n) is 4.59. The summed E-state index contributed by atoms with van der Waals surface area (Å²) >= 11 is 0. The van der Waals surface area contributed by atoms with Crippen LogP contribution >= 0.6 is 0 Å². The summed E-state index contributed by atoms with van der Waals surface area (Å²) in [5, 5.41) is 11.3. The largest absolute Gasteiger partial charge is 0.356 e. The van der Waals surface area contributed by atoms with Crippen molar-refractivity contribution in [1.82, 2.24) is 15.1 Å². The number of fused-ring (bicyclic) bond motifs is 1. The Balaban J connectivity index is 1.16. The third kappa shape index (κ3) is 4.86. The van der Waals surface area contributed by atoms with Crippen LogP contribution in [-0.2, 0) is 0 Å². The first-order chi connectivity index (χ1) is 18.1. The predicted octanol–water partition coefficient (Wildman–Crippen LogP) is 6.19. The maximum absolute atomic E-state index is 13.0. The Morgan fingerprint density at radius 1 is 0.892 bits per heavy atom. The molecule has 0 spiro atoms. The number of amides is 1. The Labute approximate surface area is 214 Å². The lowest BCUT2D eigenvalue weighted by atomic mass is 10.1. The normalized spacial score (nSPS) is 13.2. The van der Waals surface area contributed by atoms with Crippen LogP contribution in [0.1, 0.15) is 29.0 Å². The third-order valence-electron chi connectivity index (χ3n) is 6.44. The van der Waals surface area contributed by atoms with Crippen LogP contribution in [0.5, 0.6) is 0 Å². The molecule has 8 heteroatoms. The fraction of sp³-hybridized carbons (Fsp3) is 0.172. The van der Waals surface area contributed by atoms with Crippen molar-refractivity contribution in [3.63, 3.8) is 0 Å². The molecule has 3 aromatic carbocycles. The number of nitrogens with one attached hydrogen (secondary N) is 2. The number of hydrogen-bond acceptors (Lipinski definition) is 7. The van der Waals surface area contributed by atoms with E-state index in [2.05, 4.69) is 30.7 Å². The summed E-state index contributed by atoms with van der Waals surface area (Å²) in [5.41, 5.74) is 3.72. The summed E-state index contributed by atoms with van der Waals surface area (Å²) in [4.78, 5) is 24.4. The van der Waals surface area contributed by atoms with Crippen molar-refractivity contribution >= 4 is 39.8 Å². The number of aryl methyl sites for hydroxylation is 1. The lowest BCUT2D eigenvalue weighted by Gasteiger charge is -2.18. The van der Waals surface area contributed by atoms with Gasteiger partial charge in [0, 0.05) is 41.7 Å². The van der Waals surface area contributed by atoms with Gasteiger partial charge in [0.15, 0.2) is 5.76 Å². The van der Waals surface area contributed by atoms with Gasteiger partial charge in [0.1, 0.15) is 23.0 Å². The molecule has 2 aromatic heterocycles. The molecule has 37 heavy (non-hydrogen) atoms. The molecule has 1 saturated heterocycles. The molecular formula is C29H26N6O2. The molecule has 184 valence electrons. The number of rotatable bonds is 6. The van der Waals surface area contributed by atoms with E-state index < -0.39 is 0 Å². The van der Waals surface area contributed by atoms with Gasteiger partial charge < -0.3 is 20.1 Å². The van der Waals surface area contributed by atoms with E-state index in [1.807, 2.05) is 73.7 Å². The molecule has 0 saturated carbocycles. The quantitative estimate of drug-likeness (QED) is 0.293. The highest BCUT2D eigenvalue weighted by molar-refractivity contribution is 6.07. The SMILES string of the molecule is Cc1nc(Nc2ccc(NC(=O)c3ccc4noc(-c5ccccc5)c4c3)cc2)cc(N2CCCC2)n1. The zero-order chi connectivity index (χ0) is 25.2. The Morgan fingerprint density at radius 2 is 1.65 bits per heavy atom. The topological polar surface area (TPSA) is 96.2 Å². The second kappa shape index (κ2) is 9.73. The van der Waals surface area contributed by atoms with Crippen molar-refractivity contribution in [1.29, 1.82) is 0 Å². The van der Waals surface area contributed by atoms with E-state index in [0.29, 0.717) is 22.5 Å². The van der Waals surface area contributed by atoms with Gasteiger partial charge in [0.2, 0.25) is 0 Å². The zero-order valence-electron chi connectivity index (χ0n) is 20.4. The Kier molecular flexibility index (Phi) is 5.98. The average Bonchev–Trinajstić information content (AvgIpc) is 3.60. The van der Waals surface area contributed by atoms with E-state index >= 15 is 0 Å². The number of anilines is 4. The minimum absolute atomic E-state index is 0.204. The second-order valence-corrected chi connectivity index (χ2v) is 9.12.